The van der Waals surface area contributed by atoms with Crippen molar-refractivity contribution in [2.45, 2.75) is 49.9 Å². The molecule has 0 aliphatic heterocycles. The van der Waals surface area contributed by atoms with Crippen molar-refractivity contribution in [2.75, 3.05) is 0 Å². The molecule has 1 aromatic rings. The van der Waals surface area contributed by atoms with Gasteiger partial charge >= 0.3 is 6.18 Å². The summed E-state index contributed by atoms with van der Waals surface area (Å²) in [6.07, 6.45) is -2.38. The highest BCUT2D eigenvalue weighted by Gasteiger charge is 2.39. The van der Waals surface area contributed by atoms with E-state index in [9.17, 15) is 18.3 Å². The van der Waals surface area contributed by atoms with Crippen molar-refractivity contribution in [2.24, 2.45) is 5.73 Å². The Hall–Kier alpha value is -1.07. The van der Waals surface area contributed by atoms with Gasteiger partial charge in [0.25, 0.3) is 0 Å². The molecule has 1 saturated carbocycles. The number of halogens is 3. The third-order valence-corrected chi connectivity index (χ3v) is 3.98. The summed E-state index contributed by atoms with van der Waals surface area (Å²) < 4.78 is 38.1. The topological polar surface area (TPSA) is 46.2 Å². The molecule has 1 aliphatic rings. The number of aliphatic hydroxyl groups is 1. The molecule has 0 amide bonds. The van der Waals surface area contributed by atoms with E-state index in [1.165, 1.54) is 6.07 Å². The molecule has 0 radical (unpaired) electrons. The van der Waals surface area contributed by atoms with Crippen LogP contribution in [-0.2, 0) is 11.7 Å². The van der Waals surface area contributed by atoms with Gasteiger partial charge in [0.05, 0.1) is 11.2 Å². The van der Waals surface area contributed by atoms with Crippen LogP contribution in [0.2, 0.25) is 0 Å². The quantitative estimate of drug-likeness (QED) is 0.825. The fraction of sp³-hybridized carbons (Fsp3) is 0.571. The highest BCUT2D eigenvalue weighted by molar-refractivity contribution is 5.31. The lowest BCUT2D eigenvalue weighted by atomic mass is 9.72. The van der Waals surface area contributed by atoms with Crippen LogP contribution in [-0.4, -0.2) is 10.7 Å². The van der Waals surface area contributed by atoms with Crippen LogP contribution < -0.4 is 5.73 Å². The van der Waals surface area contributed by atoms with Crippen molar-refractivity contribution in [3.05, 3.63) is 35.4 Å². The predicted octanol–water partition coefficient (Wildman–Crippen LogP) is 3.18. The van der Waals surface area contributed by atoms with Gasteiger partial charge in [-0.05, 0) is 50.3 Å². The number of rotatable bonds is 1. The van der Waals surface area contributed by atoms with Crippen LogP contribution in [0.25, 0.3) is 0 Å². The monoisotopic (exact) mass is 273 g/mol. The van der Waals surface area contributed by atoms with Crippen LogP contribution in [0.3, 0.4) is 0 Å². The predicted molar refractivity (Wildman–Crippen MR) is 66.4 cm³/mol. The average molecular weight is 273 g/mol. The maximum absolute atomic E-state index is 12.7. The molecule has 3 N–H and O–H groups in total. The molecule has 1 aliphatic carbocycles. The Morgan fingerprint density at radius 3 is 2.26 bits per heavy atom. The number of hydrogen-bond acceptors (Lipinski definition) is 2. The second-order valence-electron chi connectivity index (χ2n) is 5.73. The molecule has 5 heteroatoms. The molecule has 19 heavy (non-hydrogen) atoms. The Balaban J connectivity index is 2.27. The van der Waals surface area contributed by atoms with E-state index in [-0.39, 0.29) is 0 Å². The van der Waals surface area contributed by atoms with Gasteiger partial charge in [-0.15, -0.1) is 0 Å². The van der Waals surface area contributed by atoms with E-state index >= 15 is 0 Å². The maximum Gasteiger partial charge on any atom is 0.416 e. The number of benzene rings is 1. The molecule has 1 fully saturated rings. The molecule has 0 unspecified atom stereocenters. The average Bonchev–Trinajstić information content (AvgIpc) is 2.33. The molecule has 2 nitrogen and oxygen atoms in total. The summed E-state index contributed by atoms with van der Waals surface area (Å²) in [6.45, 7) is 1.73. The minimum Gasteiger partial charge on any atom is -0.390 e. The molecule has 0 heterocycles. The third kappa shape index (κ3) is 3.09. The van der Waals surface area contributed by atoms with Crippen molar-refractivity contribution in [3.63, 3.8) is 0 Å². The molecule has 106 valence electrons. The van der Waals surface area contributed by atoms with Crippen molar-refractivity contribution in [1.82, 2.24) is 0 Å². The largest absolute Gasteiger partial charge is 0.416 e. The van der Waals surface area contributed by atoms with Gasteiger partial charge in [-0.25, -0.2) is 0 Å². The molecule has 0 atom stereocenters. The zero-order valence-corrected chi connectivity index (χ0v) is 10.8. The Morgan fingerprint density at radius 2 is 1.74 bits per heavy atom. The summed E-state index contributed by atoms with van der Waals surface area (Å²) in [5.41, 5.74) is 4.53. The van der Waals surface area contributed by atoms with Crippen molar-refractivity contribution < 1.29 is 18.3 Å². The Kier molecular flexibility index (Phi) is 3.39. The van der Waals surface area contributed by atoms with Gasteiger partial charge < -0.3 is 10.8 Å². The first-order valence-electron chi connectivity index (χ1n) is 6.31. The van der Waals surface area contributed by atoms with Crippen LogP contribution in [0, 0.1) is 0 Å². The SMILES string of the molecule is CC1(O)CCC(N)(c2cccc(C(F)(F)F)c2)CC1. The first kappa shape index (κ1) is 14.3. The summed E-state index contributed by atoms with van der Waals surface area (Å²) in [4.78, 5) is 0. The van der Waals surface area contributed by atoms with Gasteiger partial charge in [-0.2, -0.15) is 13.2 Å². The Labute approximate surface area is 110 Å². The number of hydrogen-bond donors (Lipinski definition) is 2. The number of alkyl halides is 3. The van der Waals surface area contributed by atoms with Crippen molar-refractivity contribution in [3.8, 4) is 0 Å². The van der Waals surface area contributed by atoms with E-state index in [0.29, 0.717) is 31.2 Å². The van der Waals surface area contributed by atoms with Crippen LogP contribution in [0.4, 0.5) is 13.2 Å². The molecule has 0 spiro atoms. The fourth-order valence-electron chi connectivity index (χ4n) is 2.53. The van der Waals surface area contributed by atoms with Gasteiger partial charge in [0.2, 0.25) is 0 Å². The highest BCUT2D eigenvalue weighted by atomic mass is 19.4. The van der Waals surface area contributed by atoms with Crippen LogP contribution in [0.15, 0.2) is 24.3 Å². The summed E-state index contributed by atoms with van der Waals surface area (Å²) in [6, 6.07) is 5.20. The lowest BCUT2D eigenvalue weighted by molar-refractivity contribution is -0.137. The van der Waals surface area contributed by atoms with E-state index in [1.807, 2.05) is 0 Å². The summed E-state index contributed by atoms with van der Waals surface area (Å²) >= 11 is 0. The van der Waals surface area contributed by atoms with Crippen molar-refractivity contribution >= 4 is 0 Å². The lowest BCUT2D eigenvalue weighted by Gasteiger charge is -2.40. The van der Waals surface area contributed by atoms with E-state index < -0.39 is 22.9 Å². The van der Waals surface area contributed by atoms with E-state index in [1.54, 1.807) is 13.0 Å². The maximum atomic E-state index is 12.7. The zero-order chi connectivity index (χ0) is 14.3. The molecule has 2 rings (SSSR count). The smallest absolute Gasteiger partial charge is 0.390 e. The zero-order valence-electron chi connectivity index (χ0n) is 10.8. The minimum absolute atomic E-state index is 0.487. The number of nitrogens with two attached hydrogens (primary N) is 1. The van der Waals surface area contributed by atoms with Gasteiger partial charge in [-0.1, -0.05) is 12.1 Å². The van der Waals surface area contributed by atoms with Gasteiger partial charge in [0.15, 0.2) is 0 Å². The van der Waals surface area contributed by atoms with E-state index in [2.05, 4.69) is 0 Å². The van der Waals surface area contributed by atoms with Crippen LogP contribution in [0.5, 0.6) is 0 Å². The van der Waals surface area contributed by atoms with E-state index in [4.69, 9.17) is 5.73 Å². The fourth-order valence-corrected chi connectivity index (χ4v) is 2.53. The lowest BCUT2D eigenvalue weighted by Crippen LogP contribution is -2.45. The molecule has 0 saturated heterocycles. The van der Waals surface area contributed by atoms with Crippen molar-refractivity contribution in [1.29, 1.82) is 0 Å². The Bertz CT molecular complexity index is 458. The third-order valence-electron chi connectivity index (χ3n) is 3.98. The van der Waals surface area contributed by atoms with E-state index in [0.717, 1.165) is 12.1 Å². The standard InChI is InChI=1S/C14H18F3NO/c1-12(19)5-7-13(18,8-6-12)10-3-2-4-11(9-10)14(15,16)17/h2-4,9,19H,5-8,18H2,1H3. The minimum atomic E-state index is -4.35. The van der Waals surface area contributed by atoms with Gasteiger partial charge in [0, 0.05) is 5.54 Å². The highest BCUT2D eigenvalue weighted by Crippen LogP contribution is 2.40. The first-order chi connectivity index (χ1) is 8.62. The van der Waals surface area contributed by atoms with Gasteiger partial charge in [0.1, 0.15) is 0 Å². The Morgan fingerprint density at radius 1 is 1.16 bits per heavy atom. The summed E-state index contributed by atoms with van der Waals surface area (Å²) in [7, 11) is 0. The molecular weight excluding hydrogens is 255 g/mol. The second kappa shape index (κ2) is 4.49. The summed E-state index contributed by atoms with van der Waals surface area (Å²) in [5, 5.41) is 9.90. The molecule has 1 aromatic carbocycles. The van der Waals surface area contributed by atoms with Crippen LogP contribution in [0.1, 0.15) is 43.7 Å². The molecular formula is C14H18F3NO. The normalized spacial score (nSPS) is 32.3. The molecule has 0 aromatic heterocycles. The first-order valence-corrected chi connectivity index (χ1v) is 6.31. The summed E-state index contributed by atoms with van der Waals surface area (Å²) in [5.74, 6) is 0. The second-order valence-corrected chi connectivity index (χ2v) is 5.73. The van der Waals surface area contributed by atoms with Gasteiger partial charge in [-0.3, -0.25) is 0 Å². The van der Waals surface area contributed by atoms with Crippen LogP contribution >= 0.6 is 0 Å². The molecule has 0 bridgehead atoms.